The highest BCUT2D eigenvalue weighted by molar-refractivity contribution is 9.11. The zero-order chi connectivity index (χ0) is 13.0. The number of nitrogens with one attached hydrogen (secondary N) is 1. The van der Waals surface area contributed by atoms with Crippen molar-refractivity contribution in [3.63, 3.8) is 0 Å². The van der Waals surface area contributed by atoms with Crippen LogP contribution in [0.1, 0.15) is 11.3 Å². The minimum Gasteiger partial charge on any atom is -0.397 e. The molecule has 2 rings (SSSR count). The topological polar surface area (TPSA) is 68.0 Å². The second-order valence-electron chi connectivity index (χ2n) is 3.73. The van der Waals surface area contributed by atoms with Crippen molar-refractivity contribution >= 4 is 44.7 Å². The van der Waals surface area contributed by atoms with Crippen molar-refractivity contribution in [2.24, 2.45) is 0 Å². The number of hydrogen-bond donors (Lipinski definition) is 2. The van der Waals surface area contributed by atoms with Gasteiger partial charge in [0, 0.05) is 11.3 Å². The minimum absolute atomic E-state index is 0.0446. The average molecular weight is 326 g/mol. The molecule has 1 amide bonds. The Morgan fingerprint density at radius 2 is 2.22 bits per heavy atom. The summed E-state index contributed by atoms with van der Waals surface area (Å²) in [6, 6.07) is 7.40. The van der Waals surface area contributed by atoms with E-state index < -0.39 is 0 Å². The number of carbonyl (C=O) groups is 1. The van der Waals surface area contributed by atoms with E-state index in [1.807, 2.05) is 12.1 Å². The number of aryl methyl sites for hydroxylation is 1. The fraction of sp³-hybridized carbons (Fsp3) is 0.167. The van der Waals surface area contributed by atoms with Crippen LogP contribution in [0.15, 0.2) is 34.2 Å². The van der Waals surface area contributed by atoms with Crippen LogP contribution in [-0.4, -0.2) is 10.9 Å². The highest BCUT2D eigenvalue weighted by atomic mass is 79.9. The molecule has 3 N–H and O–H groups in total. The number of nitrogen functional groups attached to an aromatic ring is 1. The molecule has 0 bridgehead atoms. The molecule has 0 aromatic carbocycles. The van der Waals surface area contributed by atoms with Crippen LogP contribution in [0, 0.1) is 0 Å². The maximum absolute atomic E-state index is 11.7. The van der Waals surface area contributed by atoms with Crippen molar-refractivity contribution in [2.45, 2.75) is 12.8 Å². The number of aromatic nitrogens is 1. The van der Waals surface area contributed by atoms with Crippen LogP contribution in [0.4, 0.5) is 11.5 Å². The molecule has 0 aliphatic heterocycles. The average Bonchev–Trinajstić information content (AvgIpc) is 2.76. The number of anilines is 2. The van der Waals surface area contributed by atoms with Crippen molar-refractivity contribution in [3.05, 3.63) is 39.1 Å². The number of pyridine rings is 1. The third-order valence-corrected chi connectivity index (χ3v) is 3.96. The van der Waals surface area contributed by atoms with Crippen LogP contribution in [0.3, 0.4) is 0 Å². The lowest BCUT2D eigenvalue weighted by Gasteiger charge is -2.03. The second-order valence-corrected chi connectivity index (χ2v) is 6.28. The van der Waals surface area contributed by atoms with Gasteiger partial charge in [0.05, 0.1) is 15.7 Å². The van der Waals surface area contributed by atoms with Gasteiger partial charge in [-0.2, -0.15) is 0 Å². The molecule has 0 fully saturated rings. The monoisotopic (exact) mass is 325 g/mol. The Labute approximate surface area is 117 Å². The lowest BCUT2D eigenvalue weighted by Crippen LogP contribution is -2.13. The molecule has 0 saturated heterocycles. The number of hydrogen-bond acceptors (Lipinski definition) is 4. The summed E-state index contributed by atoms with van der Waals surface area (Å²) in [5, 5.41) is 2.73. The van der Waals surface area contributed by atoms with E-state index in [0.29, 0.717) is 17.9 Å². The standard InChI is InChI=1S/C12H12BrN3OS/c13-10-4-2-9(18-10)3-6-12(17)16-11-5-1-8(14)7-15-11/h1-2,4-5,7H,3,6,14H2,(H,15,16,17). The first-order valence-corrected chi connectivity index (χ1v) is 7.00. The summed E-state index contributed by atoms with van der Waals surface area (Å²) in [5.74, 6) is 0.485. The van der Waals surface area contributed by atoms with Crippen molar-refractivity contribution in [3.8, 4) is 0 Å². The van der Waals surface area contributed by atoms with Crippen molar-refractivity contribution in [2.75, 3.05) is 11.1 Å². The molecule has 0 radical (unpaired) electrons. The predicted octanol–water partition coefficient (Wildman–Crippen LogP) is 3.06. The summed E-state index contributed by atoms with van der Waals surface area (Å²) in [7, 11) is 0. The molecular formula is C12H12BrN3OS. The zero-order valence-corrected chi connectivity index (χ0v) is 11.9. The second kappa shape index (κ2) is 5.97. The van der Waals surface area contributed by atoms with E-state index in [0.717, 1.165) is 10.2 Å². The number of thiophene rings is 1. The molecule has 0 aliphatic carbocycles. The predicted molar refractivity (Wildman–Crippen MR) is 77.6 cm³/mol. The molecule has 4 nitrogen and oxygen atoms in total. The SMILES string of the molecule is Nc1ccc(NC(=O)CCc2ccc(Br)s2)nc1. The quantitative estimate of drug-likeness (QED) is 0.907. The van der Waals surface area contributed by atoms with Crippen molar-refractivity contribution in [1.82, 2.24) is 4.98 Å². The Morgan fingerprint density at radius 1 is 1.39 bits per heavy atom. The van der Waals surface area contributed by atoms with Crippen LogP contribution in [0.2, 0.25) is 0 Å². The molecule has 0 aliphatic rings. The van der Waals surface area contributed by atoms with Gasteiger partial charge < -0.3 is 11.1 Å². The highest BCUT2D eigenvalue weighted by Gasteiger charge is 2.05. The number of carbonyl (C=O) groups excluding carboxylic acids is 1. The zero-order valence-electron chi connectivity index (χ0n) is 9.52. The Balaban J connectivity index is 1.83. The Kier molecular flexibility index (Phi) is 4.33. The van der Waals surface area contributed by atoms with Gasteiger partial charge in [-0.25, -0.2) is 4.98 Å². The summed E-state index contributed by atoms with van der Waals surface area (Å²) < 4.78 is 1.08. The van der Waals surface area contributed by atoms with Gasteiger partial charge in [0.25, 0.3) is 0 Å². The third-order valence-electron chi connectivity index (χ3n) is 2.28. The van der Waals surface area contributed by atoms with Crippen molar-refractivity contribution in [1.29, 1.82) is 0 Å². The summed E-state index contributed by atoms with van der Waals surface area (Å²) >= 11 is 5.04. The van der Waals surface area contributed by atoms with Crippen LogP contribution >= 0.6 is 27.3 Å². The summed E-state index contributed by atoms with van der Waals surface area (Å²) in [6.07, 6.45) is 2.70. The van der Waals surface area contributed by atoms with E-state index in [1.54, 1.807) is 23.5 Å². The fourth-order valence-electron chi connectivity index (χ4n) is 1.41. The molecule has 0 atom stereocenters. The van der Waals surface area contributed by atoms with E-state index >= 15 is 0 Å². The summed E-state index contributed by atoms with van der Waals surface area (Å²) in [6.45, 7) is 0. The summed E-state index contributed by atoms with van der Waals surface area (Å²) in [5.41, 5.74) is 6.10. The Hall–Kier alpha value is -1.40. The molecule has 6 heteroatoms. The lowest BCUT2D eigenvalue weighted by atomic mass is 10.2. The Morgan fingerprint density at radius 3 is 2.83 bits per heavy atom. The fourth-order valence-corrected chi connectivity index (χ4v) is 2.89. The minimum atomic E-state index is -0.0446. The maximum atomic E-state index is 11.7. The van der Waals surface area contributed by atoms with E-state index in [1.165, 1.54) is 11.1 Å². The van der Waals surface area contributed by atoms with E-state index in [-0.39, 0.29) is 5.91 Å². The van der Waals surface area contributed by atoms with Gasteiger partial charge in [-0.1, -0.05) is 0 Å². The lowest BCUT2D eigenvalue weighted by molar-refractivity contribution is -0.116. The first-order chi connectivity index (χ1) is 8.63. The van der Waals surface area contributed by atoms with Gasteiger partial charge in [0.2, 0.25) is 5.91 Å². The summed E-state index contributed by atoms with van der Waals surface area (Å²) in [4.78, 5) is 16.9. The van der Waals surface area contributed by atoms with Gasteiger partial charge in [0.1, 0.15) is 5.82 Å². The molecule has 0 spiro atoms. The molecule has 18 heavy (non-hydrogen) atoms. The number of halogens is 1. The van der Waals surface area contributed by atoms with Crippen LogP contribution < -0.4 is 11.1 Å². The number of nitrogens with two attached hydrogens (primary N) is 1. The molecular weight excluding hydrogens is 314 g/mol. The number of rotatable bonds is 4. The molecule has 2 aromatic heterocycles. The van der Waals surface area contributed by atoms with E-state index in [4.69, 9.17) is 5.73 Å². The largest absolute Gasteiger partial charge is 0.397 e. The number of nitrogens with zero attached hydrogens (tertiary/aromatic N) is 1. The van der Waals surface area contributed by atoms with Gasteiger partial charge in [-0.05, 0) is 46.6 Å². The van der Waals surface area contributed by atoms with E-state index in [9.17, 15) is 4.79 Å². The first kappa shape index (κ1) is 13.0. The molecule has 0 saturated carbocycles. The van der Waals surface area contributed by atoms with Gasteiger partial charge >= 0.3 is 0 Å². The van der Waals surface area contributed by atoms with E-state index in [2.05, 4.69) is 26.2 Å². The van der Waals surface area contributed by atoms with Gasteiger partial charge in [-0.3, -0.25) is 4.79 Å². The molecule has 94 valence electrons. The third kappa shape index (κ3) is 3.82. The number of amides is 1. The van der Waals surface area contributed by atoms with Crippen LogP contribution in [0.5, 0.6) is 0 Å². The highest BCUT2D eigenvalue weighted by Crippen LogP contribution is 2.23. The molecule has 2 heterocycles. The van der Waals surface area contributed by atoms with Crippen LogP contribution in [0.25, 0.3) is 0 Å². The maximum Gasteiger partial charge on any atom is 0.225 e. The van der Waals surface area contributed by atoms with Gasteiger partial charge in [0.15, 0.2) is 0 Å². The molecule has 0 unspecified atom stereocenters. The van der Waals surface area contributed by atoms with Gasteiger partial charge in [-0.15, -0.1) is 11.3 Å². The van der Waals surface area contributed by atoms with Crippen LogP contribution in [-0.2, 0) is 11.2 Å². The first-order valence-electron chi connectivity index (χ1n) is 5.39. The Bertz CT molecular complexity index is 539. The molecule has 2 aromatic rings. The smallest absolute Gasteiger partial charge is 0.225 e. The van der Waals surface area contributed by atoms with Crippen molar-refractivity contribution < 1.29 is 4.79 Å². The normalized spacial score (nSPS) is 10.3.